The fourth-order valence-electron chi connectivity index (χ4n) is 1.23. The smallest absolute Gasteiger partial charge is 0.148 e. The second-order valence-electron chi connectivity index (χ2n) is 3.70. The number of benzene rings is 1. The van der Waals surface area contributed by atoms with Gasteiger partial charge >= 0.3 is 0 Å². The maximum Gasteiger partial charge on any atom is 0.148 e. The summed E-state index contributed by atoms with van der Waals surface area (Å²) in [6, 6.07) is 3.02. The number of hydrogen-bond acceptors (Lipinski definition) is 4. The van der Waals surface area contributed by atoms with Gasteiger partial charge in [0.15, 0.2) is 0 Å². The average molecular weight is 298 g/mol. The summed E-state index contributed by atoms with van der Waals surface area (Å²) < 4.78 is 21.8. The van der Waals surface area contributed by atoms with E-state index in [0.717, 1.165) is 0 Å². The molecule has 0 spiro atoms. The third-order valence-electron chi connectivity index (χ3n) is 2.07. The molecule has 1 rings (SSSR count). The molecule has 4 nitrogen and oxygen atoms in total. The van der Waals surface area contributed by atoms with Crippen LogP contribution in [0.1, 0.15) is 5.56 Å². The van der Waals surface area contributed by atoms with Crippen LogP contribution in [0.5, 0.6) is 5.75 Å². The minimum Gasteiger partial charge on any atom is -0.506 e. The summed E-state index contributed by atoms with van der Waals surface area (Å²) in [5.74, 6) is 0.00475. The molecule has 0 unspecified atom stereocenters. The average Bonchev–Trinajstić information content (AvgIpc) is 2.18. The zero-order chi connectivity index (χ0) is 13.1. The predicted octanol–water partition coefficient (Wildman–Crippen LogP) is 1.83. The molecule has 0 radical (unpaired) electrons. The first-order chi connectivity index (χ1) is 7.79. The van der Waals surface area contributed by atoms with Crippen LogP contribution in [0.25, 0.3) is 0 Å². The Labute approximate surface area is 110 Å². The van der Waals surface area contributed by atoms with Crippen LogP contribution >= 0.6 is 23.2 Å². The van der Waals surface area contributed by atoms with Crippen LogP contribution in [0.2, 0.25) is 10.0 Å². The molecule has 0 aliphatic heterocycles. The van der Waals surface area contributed by atoms with Crippen molar-refractivity contribution in [2.75, 3.05) is 18.6 Å². The van der Waals surface area contributed by atoms with E-state index in [-0.39, 0.29) is 16.5 Å². The van der Waals surface area contributed by atoms with E-state index in [9.17, 15) is 13.5 Å². The largest absolute Gasteiger partial charge is 0.506 e. The van der Waals surface area contributed by atoms with Crippen molar-refractivity contribution in [3.05, 3.63) is 27.7 Å². The first-order valence-corrected chi connectivity index (χ1v) is 7.66. The van der Waals surface area contributed by atoms with Gasteiger partial charge in [-0.1, -0.05) is 23.2 Å². The lowest BCUT2D eigenvalue weighted by Gasteiger charge is -2.08. The summed E-state index contributed by atoms with van der Waals surface area (Å²) in [7, 11) is -2.98. The number of aromatic hydroxyl groups is 1. The number of nitrogens with one attached hydrogen (secondary N) is 1. The number of phenols is 1. The van der Waals surface area contributed by atoms with Crippen molar-refractivity contribution >= 4 is 33.0 Å². The van der Waals surface area contributed by atoms with Gasteiger partial charge in [0, 0.05) is 29.9 Å². The van der Waals surface area contributed by atoms with Gasteiger partial charge in [-0.15, -0.1) is 0 Å². The lowest BCUT2D eigenvalue weighted by molar-refractivity contribution is 0.465. The first-order valence-electron chi connectivity index (χ1n) is 4.85. The molecular weight excluding hydrogens is 285 g/mol. The highest BCUT2D eigenvalue weighted by Crippen LogP contribution is 2.30. The highest BCUT2D eigenvalue weighted by Gasteiger charge is 2.08. The van der Waals surface area contributed by atoms with Crippen LogP contribution in [0.15, 0.2) is 12.1 Å². The Hall–Kier alpha value is -0.490. The Balaban J connectivity index is 2.58. The zero-order valence-corrected chi connectivity index (χ0v) is 11.5. The number of hydrogen-bond donors (Lipinski definition) is 2. The fraction of sp³-hybridized carbons (Fsp3) is 0.400. The highest BCUT2D eigenvalue weighted by molar-refractivity contribution is 7.90. The minimum absolute atomic E-state index is 0.0390. The summed E-state index contributed by atoms with van der Waals surface area (Å²) in [4.78, 5) is 0. The van der Waals surface area contributed by atoms with E-state index in [2.05, 4.69) is 5.32 Å². The van der Waals surface area contributed by atoms with Gasteiger partial charge in [0.25, 0.3) is 0 Å². The molecule has 1 aromatic rings. The van der Waals surface area contributed by atoms with Gasteiger partial charge in [-0.05, 0) is 12.1 Å². The van der Waals surface area contributed by atoms with Gasteiger partial charge in [0.1, 0.15) is 15.6 Å². The number of phenolic OH excluding ortho intramolecular Hbond substituents is 1. The predicted molar refractivity (Wildman–Crippen MR) is 69.5 cm³/mol. The molecule has 2 N–H and O–H groups in total. The standard InChI is InChI=1S/C10H13Cl2NO3S/c1-17(15,16)3-2-13-6-7-4-8(11)5-9(12)10(7)14/h4-5,13-14H,2-3,6H2,1H3. The van der Waals surface area contributed by atoms with Gasteiger partial charge < -0.3 is 10.4 Å². The highest BCUT2D eigenvalue weighted by atomic mass is 35.5. The van der Waals surface area contributed by atoms with Crippen LogP contribution in [0, 0.1) is 0 Å². The second-order valence-corrected chi connectivity index (χ2v) is 6.81. The van der Waals surface area contributed by atoms with Crippen LogP contribution < -0.4 is 5.32 Å². The zero-order valence-electron chi connectivity index (χ0n) is 9.20. The molecule has 0 aromatic heterocycles. The van der Waals surface area contributed by atoms with Crippen molar-refractivity contribution in [3.8, 4) is 5.75 Å². The summed E-state index contributed by atoms with van der Waals surface area (Å²) in [6.07, 6.45) is 1.17. The fourth-order valence-corrected chi connectivity index (χ4v) is 2.29. The van der Waals surface area contributed by atoms with E-state index in [1.54, 1.807) is 6.07 Å². The minimum atomic E-state index is -2.98. The van der Waals surface area contributed by atoms with Gasteiger partial charge in [0.2, 0.25) is 0 Å². The maximum atomic E-state index is 10.9. The Bertz CT molecular complexity index is 503. The molecule has 0 atom stereocenters. The molecular formula is C10H13Cl2NO3S. The van der Waals surface area contributed by atoms with E-state index >= 15 is 0 Å². The van der Waals surface area contributed by atoms with Crippen molar-refractivity contribution < 1.29 is 13.5 Å². The Morgan fingerprint density at radius 3 is 2.59 bits per heavy atom. The van der Waals surface area contributed by atoms with Crippen LogP contribution in [0.3, 0.4) is 0 Å². The normalized spacial score (nSPS) is 11.7. The molecule has 0 saturated heterocycles. The summed E-state index contributed by atoms with van der Waals surface area (Å²) in [5, 5.41) is 13.1. The molecule has 0 aliphatic rings. The van der Waals surface area contributed by atoms with Gasteiger partial charge in [-0.3, -0.25) is 0 Å². The Kier molecular flexibility index (Phi) is 5.06. The molecule has 7 heteroatoms. The first kappa shape index (κ1) is 14.6. The lowest BCUT2D eigenvalue weighted by Crippen LogP contribution is -2.22. The molecule has 0 aliphatic carbocycles. The molecule has 0 saturated carbocycles. The summed E-state index contributed by atoms with van der Waals surface area (Å²) >= 11 is 11.5. The van der Waals surface area contributed by atoms with E-state index < -0.39 is 9.84 Å². The van der Waals surface area contributed by atoms with Crippen LogP contribution in [-0.4, -0.2) is 32.1 Å². The molecule has 0 heterocycles. The molecule has 17 heavy (non-hydrogen) atoms. The van der Waals surface area contributed by atoms with E-state index in [4.69, 9.17) is 23.2 Å². The summed E-state index contributed by atoms with van der Waals surface area (Å²) in [5.41, 5.74) is 0.538. The monoisotopic (exact) mass is 297 g/mol. The quantitative estimate of drug-likeness (QED) is 0.814. The molecule has 0 fully saturated rings. The van der Waals surface area contributed by atoms with E-state index in [1.807, 2.05) is 0 Å². The van der Waals surface area contributed by atoms with E-state index in [1.165, 1.54) is 12.3 Å². The molecule has 96 valence electrons. The third-order valence-corrected chi connectivity index (χ3v) is 3.52. The second kappa shape index (κ2) is 5.91. The third kappa shape index (κ3) is 5.12. The van der Waals surface area contributed by atoms with Crippen molar-refractivity contribution in [1.29, 1.82) is 0 Å². The number of sulfone groups is 1. The van der Waals surface area contributed by atoms with Crippen molar-refractivity contribution in [2.24, 2.45) is 0 Å². The van der Waals surface area contributed by atoms with Crippen LogP contribution in [0.4, 0.5) is 0 Å². The number of halogens is 2. The van der Waals surface area contributed by atoms with E-state index in [0.29, 0.717) is 23.7 Å². The molecule has 0 amide bonds. The molecule has 0 bridgehead atoms. The van der Waals surface area contributed by atoms with Gasteiger partial charge in [0.05, 0.1) is 10.8 Å². The van der Waals surface area contributed by atoms with Gasteiger partial charge in [-0.2, -0.15) is 0 Å². The molecule has 1 aromatic carbocycles. The lowest BCUT2D eigenvalue weighted by atomic mass is 10.2. The SMILES string of the molecule is CS(=O)(=O)CCNCc1cc(Cl)cc(Cl)c1O. The van der Waals surface area contributed by atoms with Crippen molar-refractivity contribution in [2.45, 2.75) is 6.54 Å². The Morgan fingerprint density at radius 1 is 1.35 bits per heavy atom. The van der Waals surface area contributed by atoms with Gasteiger partial charge in [-0.25, -0.2) is 8.42 Å². The van der Waals surface area contributed by atoms with Crippen molar-refractivity contribution in [3.63, 3.8) is 0 Å². The maximum absolute atomic E-state index is 10.9. The topological polar surface area (TPSA) is 66.4 Å². The van der Waals surface area contributed by atoms with Crippen molar-refractivity contribution in [1.82, 2.24) is 5.32 Å². The summed E-state index contributed by atoms with van der Waals surface area (Å²) in [6.45, 7) is 0.615. The Morgan fingerprint density at radius 2 is 2.00 bits per heavy atom. The van der Waals surface area contributed by atoms with Crippen LogP contribution in [-0.2, 0) is 16.4 Å². The number of rotatable bonds is 5.